The lowest BCUT2D eigenvalue weighted by molar-refractivity contribution is -0.387. The molecule has 1 aromatic heterocycles. The number of nitro benzene ring substituents is 1. The largest absolute Gasteiger partial charge is 0.364 e. The van der Waals surface area contributed by atoms with Crippen molar-refractivity contribution in [3.63, 3.8) is 0 Å². The normalized spacial score (nSPS) is 11.4. The number of thiophene rings is 1. The van der Waals surface area contributed by atoms with Crippen LogP contribution in [0.1, 0.15) is 4.88 Å². The Morgan fingerprint density at radius 3 is 2.50 bits per heavy atom. The summed E-state index contributed by atoms with van der Waals surface area (Å²) in [6.07, 6.45) is 0.968. The molecule has 0 amide bonds. The molecule has 0 radical (unpaired) electrons. The molecule has 0 N–H and O–H groups in total. The van der Waals surface area contributed by atoms with Gasteiger partial charge in [0.1, 0.15) is 10.6 Å². The highest BCUT2D eigenvalue weighted by atomic mass is 79.9. The van der Waals surface area contributed by atoms with Gasteiger partial charge in [-0.1, -0.05) is 6.07 Å². The Labute approximate surface area is 140 Å². The van der Waals surface area contributed by atoms with Gasteiger partial charge in [0.25, 0.3) is 0 Å². The van der Waals surface area contributed by atoms with Crippen molar-refractivity contribution in [2.75, 3.05) is 18.2 Å². The van der Waals surface area contributed by atoms with Crippen molar-refractivity contribution in [1.82, 2.24) is 0 Å². The lowest BCUT2D eigenvalue weighted by Crippen LogP contribution is -2.18. The lowest BCUT2D eigenvalue weighted by atomic mass is 10.2. The first-order chi connectivity index (χ1) is 10.2. The Bertz CT molecular complexity index is 817. The van der Waals surface area contributed by atoms with Crippen molar-refractivity contribution in [2.45, 2.75) is 11.4 Å². The summed E-state index contributed by atoms with van der Waals surface area (Å²) < 4.78 is 24.5. The van der Waals surface area contributed by atoms with Crippen LogP contribution in [0.2, 0.25) is 0 Å². The summed E-state index contributed by atoms with van der Waals surface area (Å²) in [5.74, 6) is 0. The van der Waals surface area contributed by atoms with Crippen LogP contribution >= 0.6 is 27.3 Å². The number of halogens is 1. The standard InChI is InChI=1S/C13H13BrN2O4S2/c1-15(8-9-6-7-12(14)21-9)10-4-3-5-11(22(2,19)20)13(10)16(17)18/h3-7H,8H2,1-2H3. The number of para-hydroxylation sites is 1. The van der Waals surface area contributed by atoms with Crippen molar-refractivity contribution in [3.8, 4) is 0 Å². The monoisotopic (exact) mass is 404 g/mol. The molecule has 22 heavy (non-hydrogen) atoms. The molecular formula is C13H13BrN2O4S2. The fraction of sp³-hybridized carbons (Fsp3) is 0.231. The van der Waals surface area contributed by atoms with Gasteiger partial charge in [0.05, 0.1) is 15.3 Å². The van der Waals surface area contributed by atoms with Crippen LogP contribution in [0.25, 0.3) is 0 Å². The highest BCUT2D eigenvalue weighted by Crippen LogP contribution is 2.35. The van der Waals surface area contributed by atoms with E-state index in [1.165, 1.54) is 23.5 Å². The van der Waals surface area contributed by atoms with Gasteiger partial charge >= 0.3 is 5.69 Å². The van der Waals surface area contributed by atoms with Gasteiger partial charge in [-0.25, -0.2) is 8.42 Å². The molecule has 118 valence electrons. The molecule has 0 atom stereocenters. The zero-order chi connectivity index (χ0) is 16.5. The number of rotatable bonds is 5. The number of nitro groups is 1. The number of anilines is 1. The summed E-state index contributed by atoms with van der Waals surface area (Å²) in [6.45, 7) is 0.449. The van der Waals surface area contributed by atoms with Crippen LogP contribution in [0.3, 0.4) is 0 Å². The molecule has 0 unspecified atom stereocenters. The summed E-state index contributed by atoms with van der Waals surface area (Å²) in [6, 6.07) is 8.13. The molecule has 2 rings (SSSR count). The van der Waals surface area contributed by atoms with Crippen LogP contribution in [0, 0.1) is 10.1 Å². The first-order valence-electron chi connectivity index (χ1n) is 6.13. The van der Waals surface area contributed by atoms with Crippen LogP contribution in [0.4, 0.5) is 11.4 Å². The van der Waals surface area contributed by atoms with E-state index in [4.69, 9.17) is 0 Å². The van der Waals surface area contributed by atoms with Gasteiger partial charge in [-0.15, -0.1) is 11.3 Å². The summed E-state index contributed by atoms with van der Waals surface area (Å²) in [4.78, 5) is 13.1. The smallest absolute Gasteiger partial charge is 0.311 e. The van der Waals surface area contributed by atoms with Gasteiger partial charge < -0.3 is 4.90 Å². The van der Waals surface area contributed by atoms with Gasteiger partial charge in [-0.05, 0) is 40.2 Å². The Morgan fingerprint density at radius 1 is 1.32 bits per heavy atom. The molecule has 6 nitrogen and oxygen atoms in total. The maximum Gasteiger partial charge on any atom is 0.311 e. The molecule has 0 fully saturated rings. The molecule has 0 aliphatic rings. The molecular weight excluding hydrogens is 392 g/mol. The molecule has 0 spiro atoms. The maximum atomic E-state index is 11.8. The van der Waals surface area contributed by atoms with Crippen LogP contribution in [-0.4, -0.2) is 26.6 Å². The second-order valence-corrected chi connectivity index (χ2v) is 9.25. The first-order valence-corrected chi connectivity index (χ1v) is 9.63. The average molecular weight is 405 g/mol. The molecule has 2 aromatic rings. The molecule has 0 aliphatic heterocycles. The quantitative estimate of drug-likeness (QED) is 0.562. The second kappa shape index (κ2) is 6.35. The lowest BCUT2D eigenvalue weighted by Gasteiger charge is -2.19. The minimum absolute atomic E-state index is 0.269. The van der Waals surface area contributed by atoms with E-state index < -0.39 is 14.8 Å². The van der Waals surface area contributed by atoms with Gasteiger partial charge in [-0.3, -0.25) is 10.1 Å². The van der Waals surface area contributed by atoms with Gasteiger partial charge in [0.2, 0.25) is 0 Å². The summed E-state index contributed by atoms with van der Waals surface area (Å²) in [7, 11) is -1.98. The average Bonchev–Trinajstić information content (AvgIpc) is 2.82. The zero-order valence-corrected chi connectivity index (χ0v) is 15.0. The fourth-order valence-electron chi connectivity index (χ4n) is 2.06. The maximum absolute atomic E-state index is 11.8. The SMILES string of the molecule is CN(Cc1ccc(Br)s1)c1cccc(S(C)(=O)=O)c1[N+](=O)[O-]. The van der Waals surface area contributed by atoms with Crippen LogP contribution in [-0.2, 0) is 16.4 Å². The highest BCUT2D eigenvalue weighted by molar-refractivity contribution is 9.11. The topological polar surface area (TPSA) is 80.5 Å². The number of nitrogens with zero attached hydrogens (tertiary/aromatic N) is 2. The minimum atomic E-state index is -3.68. The Kier molecular flexibility index (Phi) is 4.88. The highest BCUT2D eigenvalue weighted by Gasteiger charge is 2.27. The molecule has 0 aliphatic carbocycles. The number of benzene rings is 1. The minimum Gasteiger partial charge on any atom is -0.364 e. The third-order valence-electron chi connectivity index (χ3n) is 2.99. The van der Waals surface area contributed by atoms with Crippen molar-refractivity contribution < 1.29 is 13.3 Å². The van der Waals surface area contributed by atoms with E-state index in [2.05, 4.69) is 15.9 Å². The molecule has 9 heteroatoms. The van der Waals surface area contributed by atoms with Crippen molar-refractivity contribution in [1.29, 1.82) is 0 Å². The van der Waals surface area contributed by atoms with E-state index in [0.29, 0.717) is 6.54 Å². The van der Waals surface area contributed by atoms with E-state index in [1.54, 1.807) is 18.0 Å². The third kappa shape index (κ3) is 3.65. The third-order valence-corrected chi connectivity index (χ3v) is 5.73. The van der Waals surface area contributed by atoms with E-state index >= 15 is 0 Å². The van der Waals surface area contributed by atoms with Gasteiger partial charge in [0, 0.05) is 18.2 Å². The summed E-state index contributed by atoms with van der Waals surface area (Å²) in [5.41, 5.74) is -0.111. The number of hydrogen-bond acceptors (Lipinski definition) is 6. The summed E-state index contributed by atoms with van der Waals surface area (Å²) >= 11 is 4.89. The Morgan fingerprint density at radius 2 is 2.00 bits per heavy atom. The van der Waals surface area contributed by atoms with Crippen molar-refractivity contribution in [2.24, 2.45) is 0 Å². The Hall–Kier alpha value is -1.45. The predicted molar refractivity (Wildman–Crippen MR) is 90.3 cm³/mol. The van der Waals surface area contributed by atoms with Crippen LogP contribution in [0.5, 0.6) is 0 Å². The van der Waals surface area contributed by atoms with E-state index in [1.807, 2.05) is 12.1 Å². The van der Waals surface area contributed by atoms with Gasteiger partial charge in [-0.2, -0.15) is 0 Å². The van der Waals surface area contributed by atoms with E-state index in [0.717, 1.165) is 14.9 Å². The first kappa shape index (κ1) is 16.9. The molecule has 0 saturated heterocycles. The van der Waals surface area contributed by atoms with E-state index in [-0.39, 0.29) is 16.3 Å². The number of sulfone groups is 1. The second-order valence-electron chi connectivity index (χ2n) is 4.72. The summed E-state index contributed by atoms with van der Waals surface area (Å²) in [5, 5.41) is 11.4. The van der Waals surface area contributed by atoms with E-state index in [9.17, 15) is 18.5 Å². The fourth-order valence-corrected chi connectivity index (χ4v) is 4.45. The Balaban J connectivity index is 2.48. The predicted octanol–water partition coefficient (Wildman–Crippen LogP) is 3.46. The number of hydrogen-bond donors (Lipinski definition) is 0. The van der Waals surface area contributed by atoms with Crippen LogP contribution < -0.4 is 4.90 Å². The molecule has 0 bridgehead atoms. The van der Waals surface area contributed by atoms with Crippen LogP contribution in [0.15, 0.2) is 39.0 Å². The molecule has 1 aromatic carbocycles. The van der Waals surface area contributed by atoms with Crippen molar-refractivity contribution >= 4 is 48.5 Å². The molecule has 0 saturated carbocycles. The van der Waals surface area contributed by atoms with Gasteiger partial charge in [0.15, 0.2) is 9.84 Å². The van der Waals surface area contributed by atoms with Crippen molar-refractivity contribution in [3.05, 3.63) is 49.1 Å². The zero-order valence-electron chi connectivity index (χ0n) is 11.8. The molecule has 1 heterocycles.